The molecule has 58 valence electrons. The molecule has 1 atom stereocenters. The second kappa shape index (κ2) is 4.46. The Morgan fingerprint density at radius 1 is 1.33 bits per heavy atom. The van der Waals surface area contributed by atoms with Gasteiger partial charge in [-0.15, -0.1) is 0 Å². The van der Waals surface area contributed by atoms with E-state index < -0.39 is 0 Å². The number of hydrogen-bond acceptors (Lipinski definition) is 1. The second-order valence-electron chi connectivity index (χ2n) is 3.15. The van der Waals surface area contributed by atoms with Crippen LogP contribution in [0.3, 0.4) is 0 Å². The molecule has 0 amide bonds. The Hall–Kier alpha value is 0.650. The van der Waals surface area contributed by atoms with E-state index in [0.717, 1.165) is 4.48 Å². The highest BCUT2D eigenvalue weighted by atomic mass is 127. The zero-order valence-electron chi connectivity index (χ0n) is 6.56. The van der Waals surface area contributed by atoms with E-state index in [1.54, 1.807) is 0 Å². The first kappa shape index (κ1) is 12.3. The van der Waals surface area contributed by atoms with Crippen LogP contribution in [0.25, 0.3) is 0 Å². The van der Waals surface area contributed by atoms with Crippen molar-refractivity contribution in [3.05, 3.63) is 0 Å². The molecule has 0 aliphatic heterocycles. The third-order valence-electron chi connectivity index (χ3n) is 1.59. The van der Waals surface area contributed by atoms with Gasteiger partial charge in [0, 0.05) is 0 Å². The Morgan fingerprint density at radius 3 is 1.67 bits per heavy atom. The lowest BCUT2D eigenvalue weighted by molar-refractivity contribution is -0.894. The number of aliphatic hydroxyl groups excluding tert-OH is 1. The molecule has 0 spiro atoms. The zero-order valence-corrected chi connectivity index (χ0v) is 8.71. The molecule has 9 heavy (non-hydrogen) atoms. The van der Waals surface area contributed by atoms with E-state index in [4.69, 9.17) is 5.11 Å². The van der Waals surface area contributed by atoms with Gasteiger partial charge in [-0.25, -0.2) is 0 Å². The fraction of sp³-hybridized carbons (Fsp3) is 1.00. The van der Waals surface area contributed by atoms with Crippen molar-refractivity contribution in [3.8, 4) is 0 Å². The topological polar surface area (TPSA) is 20.2 Å². The Labute approximate surface area is 74.5 Å². The van der Waals surface area contributed by atoms with Crippen molar-refractivity contribution in [3.63, 3.8) is 0 Å². The molecule has 0 aromatic carbocycles. The van der Waals surface area contributed by atoms with Crippen molar-refractivity contribution < 1.29 is 33.6 Å². The maximum absolute atomic E-state index is 8.65. The summed E-state index contributed by atoms with van der Waals surface area (Å²) in [6.07, 6.45) is 0. The van der Waals surface area contributed by atoms with Gasteiger partial charge in [0.2, 0.25) is 0 Å². The number of likely N-dealkylation sites (N-methyl/N-ethyl adjacent to an activating group) is 1. The van der Waals surface area contributed by atoms with E-state index in [2.05, 4.69) is 21.1 Å². The van der Waals surface area contributed by atoms with Gasteiger partial charge in [-0.05, 0) is 6.92 Å². The molecule has 2 nitrogen and oxygen atoms in total. The molecule has 0 radical (unpaired) electrons. The molecule has 3 heteroatoms. The first-order valence-electron chi connectivity index (χ1n) is 2.90. The van der Waals surface area contributed by atoms with Gasteiger partial charge in [0.15, 0.2) is 0 Å². The van der Waals surface area contributed by atoms with E-state index in [-0.39, 0.29) is 30.6 Å². The molecule has 0 rings (SSSR count). The fourth-order valence-electron chi connectivity index (χ4n) is 0.245. The monoisotopic (exact) mass is 245 g/mol. The molecule has 0 aromatic heterocycles. The summed E-state index contributed by atoms with van der Waals surface area (Å²) in [5.74, 6) is 0. The highest BCUT2D eigenvalue weighted by molar-refractivity contribution is 4.41. The van der Waals surface area contributed by atoms with Crippen molar-refractivity contribution in [2.45, 2.75) is 13.0 Å². The first-order valence-corrected chi connectivity index (χ1v) is 2.90. The van der Waals surface area contributed by atoms with Gasteiger partial charge in [0.25, 0.3) is 0 Å². The molecular weight excluding hydrogens is 229 g/mol. The Kier molecular flexibility index (Phi) is 6.12. The molecule has 0 heterocycles. The van der Waals surface area contributed by atoms with Crippen molar-refractivity contribution in [1.29, 1.82) is 0 Å². The van der Waals surface area contributed by atoms with Crippen LogP contribution in [-0.4, -0.2) is 43.4 Å². The van der Waals surface area contributed by atoms with Crippen LogP contribution in [0.15, 0.2) is 0 Å². The minimum Gasteiger partial charge on any atom is -1.00 e. The molecule has 0 saturated heterocycles. The van der Waals surface area contributed by atoms with Gasteiger partial charge in [-0.2, -0.15) is 0 Å². The summed E-state index contributed by atoms with van der Waals surface area (Å²) < 4.78 is 0.830. The van der Waals surface area contributed by atoms with Crippen LogP contribution >= 0.6 is 0 Å². The van der Waals surface area contributed by atoms with E-state index in [0.29, 0.717) is 6.04 Å². The summed E-state index contributed by atoms with van der Waals surface area (Å²) in [6, 6.07) is 0.343. The quantitative estimate of drug-likeness (QED) is 0.408. The summed E-state index contributed by atoms with van der Waals surface area (Å²) in [5.41, 5.74) is 0. The highest BCUT2D eigenvalue weighted by Crippen LogP contribution is 1.98. The van der Waals surface area contributed by atoms with Crippen LogP contribution in [-0.2, 0) is 0 Å². The highest BCUT2D eigenvalue weighted by Gasteiger charge is 2.15. The van der Waals surface area contributed by atoms with Gasteiger partial charge in [-0.3, -0.25) is 0 Å². The summed E-state index contributed by atoms with van der Waals surface area (Å²) in [4.78, 5) is 0. The maximum atomic E-state index is 8.65. The standard InChI is InChI=1S/C6H16NO.HI/c1-6(5-8)7(2,3)4;/h6,8H,5H2,1-4H3;1H/q+1;/p-1. The van der Waals surface area contributed by atoms with Crippen LogP contribution in [0.2, 0.25) is 0 Å². The van der Waals surface area contributed by atoms with E-state index in [9.17, 15) is 0 Å². The summed E-state index contributed by atoms with van der Waals surface area (Å²) in [7, 11) is 6.21. The molecule has 0 saturated carbocycles. The minimum atomic E-state index is 0. The number of rotatable bonds is 2. The predicted octanol–water partition coefficient (Wildman–Crippen LogP) is -2.92. The Balaban J connectivity index is 0. The van der Waals surface area contributed by atoms with Crippen LogP contribution in [0.4, 0.5) is 0 Å². The fourth-order valence-corrected chi connectivity index (χ4v) is 0.245. The number of hydrogen-bond donors (Lipinski definition) is 1. The lowest BCUT2D eigenvalue weighted by atomic mass is 10.3. The predicted molar refractivity (Wildman–Crippen MR) is 34.6 cm³/mol. The van der Waals surface area contributed by atoms with Crippen molar-refractivity contribution in [1.82, 2.24) is 0 Å². The normalized spacial score (nSPS) is 14.3. The van der Waals surface area contributed by atoms with Crippen molar-refractivity contribution >= 4 is 0 Å². The van der Waals surface area contributed by atoms with Crippen molar-refractivity contribution in [2.24, 2.45) is 0 Å². The first-order chi connectivity index (χ1) is 3.48. The molecule has 0 bridgehead atoms. The van der Waals surface area contributed by atoms with Crippen LogP contribution < -0.4 is 24.0 Å². The summed E-state index contributed by atoms with van der Waals surface area (Å²) >= 11 is 0. The molecule has 0 aliphatic carbocycles. The molecule has 0 aliphatic rings. The van der Waals surface area contributed by atoms with E-state index in [1.165, 1.54) is 0 Å². The SMILES string of the molecule is CC(CO)[N+](C)(C)C.[I-]. The van der Waals surface area contributed by atoms with Gasteiger partial charge < -0.3 is 33.6 Å². The average Bonchev–Trinajstić information content (AvgIpc) is 1.62. The molecule has 1 N–H and O–H groups in total. The Morgan fingerprint density at radius 2 is 1.67 bits per heavy atom. The van der Waals surface area contributed by atoms with Gasteiger partial charge in [0.05, 0.1) is 27.7 Å². The number of quaternary nitrogens is 1. The maximum Gasteiger partial charge on any atom is 0.109 e. The van der Waals surface area contributed by atoms with Crippen LogP contribution in [0, 0.1) is 0 Å². The number of nitrogens with zero attached hydrogens (tertiary/aromatic N) is 1. The smallest absolute Gasteiger partial charge is 0.109 e. The summed E-state index contributed by atoms with van der Waals surface area (Å²) in [6.45, 7) is 2.30. The lowest BCUT2D eigenvalue weighted by Gasteiger charge is -2.29. The molecule has 0 aromatic rings. The van der Waals surface area contributed by atoms with E-state index >= 15 is 0 Å². The largest absolute Gasteiger partial charge is 1.00 e. The minimum absolute atomic E-state index is 0. The van der Waals surface area contributed by atoms with Gasteiger partial charge in [-0.1, -0.05) is 0 Å². The van der Waals surface area contributed by atoms with Crippen LogP contribution in [0.1, 0.15) is 6.92 Å². The molecule has 0 fully saturated rings. The third kappa shape index (κ3) is 5.11. The van der Waals surface area contributed by atoms with Gasteiger partial charge >= 0.3 is 0 Å². The Bertz CT molecular complexity index is 69.9. The molecule has 1 unspecified atom stereocenters. The lowest BCUT2D eigenvalue weighted by Crippen LogP contribution is -3.00. The number of halogens is 1. The zero-order chi connectivity index (χ0) is 6.78. The van der Waals surface area contributed by atoms with Gasteiger partial charge in [0.1, 0.15) is 6.04 Å². The number of aliphatic hydroxyl groups is 1. The molecular formula is C6H16INO. The third-order valence-corrected chi connectivity index (χ3v) is 1.59. The van der Waals surface area contributed by atoms with Crippen molar-refractivity contribution in [2.75, 3.05) is 27.7 Å². The van der Waals surface area contributed by atoms with E-state index in [1.807, 2.05) is 6.92 Å². The second-order valence-corrected chi connectivity index (χ2v) is 3.15. The summed E-state index contributed by atoms with van der Waals surface area (Å²) in [5, 5.41) is 8.65. The average molecular weight is 245 g/mol. The van der Waals surface area contributed by atoms with Crippen LogP contribution in [0.5, 0.6) is 0 Å².